The van der Waals surface area contributed by atoms with Crippen molar-refractivity contribution in [3.63, 3.8) is 0 Å². The zero-order valence-corrected chi connectivity index (χ0v) is 20.2. The van der Waals surface area contributed by atoms with Gasteiger partial charge in [-0.1, -0.05) is 48.2 Å². The molecule has 35 heavy (non-hydrogen) atoms. The fraction of sp³-hybridized carbons (Fsp3) is 0.320. The number of carbonyl (C=O) groups excluding carboxylic acids is 2. The van der Waals surface area contributed by atoms with Crippen molar-refractivity contribution in [2.75, 3.05) is 26.2 Å². The van der Waals surface area contributed by atoms with Crippen LogP contribution in [-0.2, 0) is 4.79 Å². The third kappa shape index (κ3) is 3.81. The summed E-state index contributed by atoms with van der Waals surface area (Å²) in [6.45, 7) is 4.80. The number of carbonyl (C=O) groups is 2. The molecule has 0 spiro atoms. The van der Waals surface area contributed by atoms with Crippen LogP contribution in [0.4, 0.5) is 4.39 Å². The largest absolute Gasteiger partial charge is 0.491 e. The number of hydrogen-bond donors (Lipinski definition) is 1. The van der Waals surface area contributed by atoms with E-state index in [0.717, 1.165) is 6.07 Å². The number of thioether (sulfide) groups is 1. The predicted molar refractivity (Wildman–Crippen MR) is 132 cm³/mol. The van der Waals surface area contributed by atoms with E-state index >= 15 is 4.39 Å². The number of benzene rings is 1. The summed E-state index contributed by atoms with van der Waals surface area (Å²) in [5.41, 5.74) is 7.12. The van der Waals surface area contributed by atoms with E-state index in [1.807, 2.05) is 6.08 Å². The Labute approximate surface area is 211 Å². The van der Waals surface area contributed by atoms with Gasteiger partial charge in [-0.05, 0) is 17.7 Å². The molecule has 10 heteroatoms. The lowest BCUT2D eigenvalue weighted by molar-refractivity contribution is -0.128. The number of fused-ring (bicyclic) bond motifs is 3. The molecule has 1 fully saturated rings. The van der Waals surface area contributed by atoms with Crippen LogP contribution in [-0.4, -0.2) is 59.1 Å². The Kier molecular flexibility index (Phi) is 6.11. The summed E-state index contributed by atoms with van der Waals surface area (Å²) in [5.74, 6) is -1.56. The topological polar surface area (TPSA) is 99.7 Å². The van der Waals surface area contributed by atoms with Crippen molar-refractivity contribution in [2.45, 2.75) is 17.7 Å². The van der Waals surface area contributed by atoms with Gasteiger partial charge in [0.05, 0.1) is 39.9 Å². The van der Waals surface area contributed by atoms with Gasteiger partial charge >= 0.3 is 0 Å². The van der Waals surface area contributed by atoms with E-state index in [1.54, 1.807) is 22.0 Å². The van der Waals surface area contributed by atoms with Crippen LogP contribution in [0, 0.1) is 23.1 Å². The smallest absolute Gasteiger partial charge is 0.258 e. The first-order valence-electron chi connectivity index (χ1n) is 11.2. The van der Waals surface area contributed by atoms with Crippen LogP contribution < -0.4 is 10.5 Å². The second-order valence-corrected chi connectivity index (χ2v) is 10.3. The second-order valence-electron chi connectivity index (χ2n) is 8.66. The van der Waals surface area contributed by atoms with Gasteiger partial charge in [-0.2, -0.15) is 5.26 Å². The predicted octanol–water partition coefficient (Wildman–Crippen LogP) is 3.48. The molecule has 180 valence electrons. The van der Waals surface area contributed by atoms with E-state index in [4.69, 9.17) is 22.1 Å². The number of amides is 2. The number of hydrogen-bond acceptors (Lipinski definition) is 6. The highest BCUT2D eigenvalue weighted by molar-refractivity contribution is 8.04. The van der Waals surface area contributed by atoms with Gasteiger partial charge in [-0.3, -0.25) is 9.59 Å². The van der Waals surface area contributed by atoms with Crippen molar-refractivity contribution < 1.29 is 18.7 Å². The first-order chi connectivity index (χ1) is 16.8. The van der Waals surface area contributed by atoms with Gasteiger partial charge in [0.2, 0.25) is 5.91 Å². The normalized spacial score (nSPS) is 25.5. The van der Waals surface area contributed by atoms with Gasteiger partial charge in [-0.15, -0.1) is 0 Å². The second kappa shape index (κ2) is 9.10. The SMILES string of the molecule is C=CC(=O)N1CCN2C(=O)c3cc(F)c(C4=CC=CC5SC(N)=C(C#N)[C@@H]45)c(Cl)c3OCC[C@H]2C1. The first kappa shape index (κ1) is 23.5. The number of nitrogens with two attached hydrogens (primary N) is 1. The maximum absolute atomic E-state index is 15.7. The molecule has 3 heterocycles. The molecule has 1 saturated heterocycles. The summed E-state index contributed by atoms with van der Waals surface area (Å²) in [4.78, 5) is 28.9. The minimum Gasteiger partial charge on any atom is -0.491 e. The molecule has 1 aliphatic carbocycles. The Hall–Kier alpha value is -3.22. The Bertz CT molecular complexity index is 1280. The molecule has 5 rings (SSSR count). The Morgan fingerprint density at radius 2 is 2.23 bits per heavy atom. The Morgan fingerprint density at radius 1 is 1.43 bits per heavy atom. The van der Waals surface area contributed by atoms with E-state index in [0.29, 0.717) is 42.2 Å². The van der Waals surface area contributed by atoms with Crippen LogP contribution >= 0.6 is 23.4 Å². The highest BCUT2D eigenvalue weighted by Gasteiger charge is 2.41. The minimum atomic E-state index is -0.670. The molecule has 3 aliphatic heterocycles. The maximum atomic E-state index is 15.7. The quantitative estimate of drug-likeness (QED) is 0.609. The summed E-state index contributed by atoms with van der Waals surface area (Å²) >= 11 is 8.09. The molecular weight excluding hydrogens is 491 g/mol. The number of nitriles is 1. The van der Waals surface area contributed by atoms with Gasteiger partial charge in [0.1, 0.15) is 5.82 Å². The van der Waals surface area contributed by atoms with E-state index < -0.39 is 17.6 Å². The lowest BCUT2D eigenvalue weighted by Crippen LogP contribution is -2.57. The highest BCUT2D eigenvalue weighted by atomic mass is 35.5. The standard InChI is InChI=1S/C25H22ClFN4O3S/c1-2-19(32)30-7-8-31-13(12-30)6-9-34-23-15(25(31)33)10-17(27)21(22(23)26)14-4-3-5-18-20(14)16(11-28)24(29)35-18/h2-5,10,13,18,20H,1,6-9,12,29H2/t13-,18?,20+/m0/s1. The van der Waals surface area contributed by atoms with Crippen LogP contribution in [0.15, 0.2) is 47.6 Å². The van der Waals surface area contributed by atoms with E-state index in [2.05, 4.69) is 12.6 Å². The number of nitrogens with zero attached hydrogens (tertiary/aromatic N) is 3. The lowest BCUT2D eigenvalue weighted by atomic mass is 9.81. The van der Waals surface area contributed by atoms with E-state index in [-0.39, 0.29) is 45.7 Å². The van der Waals surface area contributed by atoms with Crippen molar-refractivity contribution in [2.24, 2.45) is 11.7 Å². The zero-order valence-electron chi connectivity index (χ0n) is 18.7. The summed E-state index contributed by atoms with van der Waals surface area (Å²) in [6.07, 6.45) is 7.19. The van der Waals surface area contributed by atoms with Crippen molar-refractivity contribution in [3.8, 4) is 11.8 Å². The molecule has 3 atom stereocenters. The number of halogens is 2. The van der Waals surface area contributed by atoms with Crippen LogP contribution in [0.1, 0.15) is 22.3 Å². The molecule has 2 amide bonds. The van der Waals surface area contributed by atoms with E-state index in [9.17, 15) is 14.9 Å². The number of rotatable bonds is 2. The monoisotopic (exact) mass is 512 g/mol. The molecule has 1 unspecified atom stereocenters. The molecule has 0 bridgehead atoms. The summed E-state index contributed by atoms with van der Waals surface area (Å²) in [5, 5.41) is 9.94. The third-order valence-electron chi connectivity index (χ3n) is 6.82. The van der Waals surface area contributed by atoms with Crippen molar-refractivity contribution >= 4 is 40.8 Å². The summed E-state index contributed by atoms with van der Waals surface area (Å²) in [7, 11) is 0. The van der Waals surface area contributed by atoms with Gasteiger partial charge < -0.3 is 20.3 Å². The molecule has 1 aromatic carbocycles. The zero-order chi connectivity index (χ0) is 24.9. The van der Waals surface area contributed by atoms with Gasteiger partial charge in [0.25, 0.3) is 5.91 Å². The van der Waals surface area contributed by atoms with Crippen LogP contribution in [0.5, 0.6) is 5.75 Å². The highest BCUT2D eigenvalue weighted by Crippen LogP contribution is 2.51. The average Bonchev–Trinajstić information content (AvgIpc) is 3.18. The van der Waals surface area contributed by atoms with Gasteiger partial charge in [-0.25, -0.2) is 4.39 Å². The third-order valence-corrected chi connectivity index (χ3v) is 8.36. The molecule has 0 saturated carbocycles. The Morgan fingerprint density at radius 3 is 2.97 bits per heavy atom. The van der Waals surface area contributed by atoms with Crippen molar-refractivity contribution in [1.29, 1.82) is 5.26 Å². The molecular formula is C25H22ClFN4O3S. The molecule has 0 aromatic heterocycles. The van der Waals surface area contributed by atoms with Gasteiger partial charge in [0, 0.05) is 42.8 Å². The number of ether oxygens (including phenoxy) is 1. The van der Waals surface area contributed by atoms with E-state index in [1.165, 1.54) is 17.8 Å². The molecule has 7 nitrogen and oxygen atoms in total. The number of piperazine rings is 1. The van der Waals surface area contributed by atoms with Crippen LogP contribution in [0.2, 0.25) is 5.02 Å². The fourth-order valence-electron chi connectivity index (χ4n) is 5.13. The summed E-state index contributed by atoms with van der Waals surface area (Å²) in [6, 6.07) is 3.06. The average molecular weight is 513 g/mol. The lowest BCUT2D eigenvalue weighted by Gasteiger charge is -2.42. The minimum absolute atomic E-state index is 0.000308. The molecule has 2 N–H and O–H groups in total. The van der Waals surface area contributed by atoms with Crippen molar-refractivity contribution in [1.82, 2.24) is 9.80 Å². The fourth-order valence-corrected chi connectivity index (χ4v) is 6.67. The Balaban J connectivity index is 1.54. The van der Waals surface area contributed by atoms with Gasteiger partial charge in [0.15, 0.2) is 5.75 Å². The molecule has 1 aromatic rings. The van der Waals surface area contributed by atoms with Crippen molar-refractivity contribution in [3.05, 3.63) is 69.5 Å². The van der Waals surface area contributed by atoms with Crippen LogP contribution in [0.25, 0.3) is 5.57 Å². The molecule has 4 aliphatic rings. The maximum Gasteiger partial charge on any atom is 0.258 e. The first-order valence-corrected chi connectivity index (χ1v) is 12.4. The van der Waals surface area contributed by atoms with Crippen LogP contribution in [0.3, 0.4) is 0 Å². The molecule has 0 radical (unpaired) electrons. The number of allylic oxidation sites excluding steroid dienone is 4. The summed E-state index contributed by atoms with van der Waals surface area (Å²) < 4.78 is 21.6.